The molecule has 1 heterocycles. The van der Waals surface area contributed by atoms with Gasteiger partial charge in [0.15, 0.2) is 18.1 Å². The van der Waals surface area contributed by atoms with E-state index >= 15 is 0 Å². The fraction of sp³-hybridized carbons (Fsp3) is 0.600. The van der Waals surface area contributed by atoms with E-state index in [1.807, 2.05) is 0 Å². The maximum atomic E-state index is 6.11. The molecule has 2 nitrogen and oxygen atoms in total. The van der Waals surface area contributed by atoms with Gasteiger partial charge in [0.2, 0.25) is 0 Å². The lowest BCUT2D eigenvalue weighted by molar-refractivity contribution is -0.0175. The minimum atomic E-state index is -1.40. The molecule has 1 fully saturated rings. The third-order valence-corrected chi connectivity index (χ3v) is 8.06. The van der Waals surface area contributed by atoms with Gasteiger partial charge in [-0.05, 0) is 49.5 Å². The van der Waals surface area contributed by atoms with E-state index in [1.165, 1.54) is 24.1 Å². The smallest absolute Gasteiger partial charge is 0.190 e. The predicted octanol–water partition coefficient (Wildman–Crippen LogP) is 3.65. The maximum absolute atomic E-state index is 6.11. The Morgan fingerprint density at radius 2 is 2.11 bits per heavy atom. The van der Waals surface area contributed by atoms with Crippen LogP contribution in [0, 0.1) is 0 Å². The zero-order valence-electron chi connectivity index (χ0n) is 12.4. The van der Waals surface area contributed by atoms with Gasteiger partial charge >= 0.3 is 0 Å². The summed E-state index contributed by atoms with van der Waals surface area (Å²) < 4.78 is 12.2. The first-order valence-electron chi connectivity index (χ1n) is 7.41. The number of rotatable bonds is 5. The molecule has 19 heavy (non-hydrogen) atoms. The zero-order chi connectivity index (χ0) is 13.7. The average molecular weight is 295 g/mol. The Bertz CT molecular complexity index is 381. The SMILES string of the molecule is CC(C[SiH2]OC1CCC[Si](C)(C)O1)c1ccccc1. The van der Waals surface area contributed by atoms with E-state index in [9.17, 15) is 0 Å². The van der Waals surface area contributed by atoms with Crippen LogP contribution in [0.3, 0.4) is 0 Å². The van der Waals surface area contributed by atoms with Crippen LogP contribution in [0.25, 0.3) is 0 Å². The van der Waals surface area contributed by atoms with Gasteiger partial charge in [-0.2, -0.15) is 0 Å². The van der Waals surface area contributed by atoms with Crippen LogP contribution < -0.4 is 0 Å². The van der Waals surface area contributed by atoms with Crippen molar-refractivity contribution in [2.75, 3.05) is 0 Å². The van der Waals surface area contributed by atoms with Gasteiger partial charge in [-0.1, -0.05) is 37.3 Å². The van der Waals surface area contributed by atoms with Gasteiger partial charge in [0.05, 0.1) is 0 Å². The van der Waals surface area contributed by atoms with Crippen LogP contribution in [0.15, 0.2) is 30.3 Å². The summed E-state index contributed by atoms with van der Waals surface area (Å²) >= 11 is 0. The fourth-order valence-electron chi connectivity index (χ4n) is 2.61. The maximum Gasteiger partial charge on any atom is 0.190 e. The Hall–Kier alpha value is -0.426. The summed E-state index contributed by atoms with van der Waals surface area (Å²) in [7, 11) is -1.87. The third-order valence-electron chi connectivity index (χ3n) is 3.89. The molecule has 2 atom stereocenters. The molecule has 1 aliphatic rings. The van der Waals surface area contributed by atoms with Gasteiger partial charge in [0.25, 0.3) is 0 Å². The van der Waals surface area contributed by atoms with E-state index < -0.39 is 18.1 Å². The molecule has 4 heteroatoms. The van der Waals surface area contributed by atoms with Crippen molar-refractivity contribution < 1.29 is 8.85 Å². The second kappa shape index (κ2) is 6.84. The van der Waals surface area contributed by atoms with E-state index in [2.05, 4.69) is 50.3 Å². The molecule has 0 radical (unpaired) electrons. The van der Waals surface area contributed by atoms with Gasteiger partial charge in [-0.15, -0.1) is 0 Å². The average Bonchev–Trinajstić information content (AvgIpc) is 2.38. The Kier molecular flexibility index (Phi) is 5.39. The van der Waals surface area contributed by atoms with E-state index in [1.54, 1.807) is 0 Å². The Labute approximate surface area is 120 Å². The molecule has 0 amide bonds. The van der Waals surface area contributed by atoms with Crippen LogP contribution in [0.2, 0.25) is 25.2 Å². The van der Waals surface area contributed by atoms with Gasteiger partial charge in [-0.3, -0.25) is 0 Å². The van der Waals surface area contributed by atoms with Crippen LogP contribution in [-0.4, -0.2) is 24.4 Å². The van der Waals surface area contributed by atoms with Gasteiger partial charge in [-0.25, -0.2) is 0 Å². The van der Waals surface area contributed by atoms with Crippen molar-refractivity contribution in [3.63, 3.8) is 0 Å². The molecule has 2 rings (SSSR count). The van der Waals surface area contributed by atoms with Crippen LogP contribution in [0.5, 0.6) is 0 Å². The van der Waals surface area contributed by atoms with E-state index in [4.69, 9.17) is 8.85 Å². The summed E-state index contributed by atoms with van der Waals surface area (Å²) in [5.74, 6) is 0.613. The van der Waals surface area contributed by atoms with Gasteiger partial charge in [0, 0.05) is 0 Å². The second-order valence-corrected chi connectivity index (χ2v) is 11.7. The number of benzene rings is 1. The molecule has 0 saturated carbocycles. The van der Waals surface area contributed by atoms with Crippen molar-refractivity contribution in [3.8, 4) is 0 Å². The minimum Gasteiger partial charge on any atom is -0.400 e. The lowest BCUT2D eigenvalue weighted by Gasteiger charge is -2.34. The highest BCUT2D eigenvalue weighted by molar-refractivity contribution is 6.71. The topological polar surface area (TPSA) is 18.5 Å². The Morgan fingerprint density at radius 3 is 2.79 bits per heavy atom. The largest absolute Gasteiger partial charge is 0.400 e. The lowest BCUT2D eigenvalue weighted by Crippen LogP contribution is -2.41. The highest BCUT2D eigenvalue weighted by Crippen LogP contribution is 2.27. The predicted molar refractivity (Wildman–Crippen MR) is 85.7 cm³/mol. The van der Waals surface area contributed by atoms with Gasteiger partial charge < -0.3 is 8.85 Å². The third kappa shape index (κ3) is 4.87. The molecule has 1 aromatic rings. The van der Waals surface area contributed by atoms with Crippen LogP contribution in [0.1, 0.15) is 31.2 Å². The van der Waals surface area contributed by atoms with Crippen molar-refractivity contribution in [3.05, 3.63) is 35.9 Å². The standard InChI is InChI=1S/C15H26O2Si2/c1-13(14-8-5-4-6-9-14)12-18-16-15-10-7-11-19(2,3)17-15/h4-6,8-9,13,15H,7,10-12,18H2,1-3H3. The molecule has 1 aromatic carbocycles. The summed E-state index contributed by atoms with van der Waals surface area (Å²) in [5.41, 5.74) is 1.43. The van der Waals surface area contributed by atoms with Crippen molar-refractivity contribution in [1.82, 2.24) is 0 Å². The molecule has 106 valence electrons. The van der Waals surface area contributed by atoms with Crippen LogP contribution in [0.4, 0.5) is 0 Å². The Morgan fingerprint density at radius 1 is 1.37 bits per heavy atom. The molecular formula is C15H26O2Si2. The normalized spacial score (nSPS) is 24.7. The molecule has 0 N–H and O–H groups in total. The molecule has 1 aliphatic heterocycles. The summed E-state index contributed by atoms with van der Waals surface area (Å²) in [5, 5.41) is 0. The zero-order valence-corrected chi connectivity index (χ0v) is 14.8. The van der Waals surface area contributed by atoms with Crippen LogP contribution >= 0.6 is 0 Å². The molecule has 0 spiro atoms. The molecule has 0 bridgehead atoms. The van der Waals surface area contributed by atoms with Gasteiger partial charge in [0.1, 0.15) is 6.29 Å². The monoisotopic (exact) mass is 294 g/mol. The molecule has 0 aromatic heterocycles. The summed E-state index contributed by atoms with van der Waals surface area (Å²) in [6.07, 6.45) is 2.50. The Balaban J connectivity index is 1.72. The molecular weight excluding hydrogens is 268 g/mol. The lowest BCUT2D eigenvalue weighted by atomic mass is 10.0. The van der Waals surface area contributed by atoms with Crippen molar-refractivity contribution >= 4 is 18.1 Å². The first kappa shape index (κ1) is 15.0. The first-order chi connectivity index (χ1) is 9.07. The summed E-state index contributed by atoms with van der Waals surface area (Å²) in [4.78, 5) is 0. The van der Waals surface area contributed by atoms with E-state index in [-0.39, 0.29) is 6.29 Å². The van der Waals surface area contributed by atoms with Crippen molar-refractivity contribution in [2.45, 2.75) is 57.2 Å². The minimum absolute atomic E-state index is 0.116. The van der Waals surface area contributed by atoms with Crippen molar-refractivity contribution in [2.24, 2.45) is 0 Å². The first-order valence-corrected chi connectivity index (χ1v) is 12.1. The van der Waals surface area contributed by atoms with Crippen LogP contribution in [-0.2, 0) is 8.85 Å². The second-order valence-electron chi connectivity index (χ2n) is 6.17. The highest BCUT2D eigenvalue weighted by atomic mass is 28.4. The van der Waals surface area contributed by atoms with Crippen molar-refractivity contribution in [1.29, 1.82) is 0 Å². The highest BCUT2D eigenvalue weighted by Gasteiger charge is 2.31. The number of hydrogen-bond acceptors (Lipinski definition) is 2. The summed E-state index contributed by atoms with van der Waals surface area (Å²) in [6.45, 7) is 6.90. The molecule has 0 aliphatic carbocycles. The van der Waals surface area contributed by atoms with E-state index in [0.717, 1.165) is 6.42 Å². The fourth-order valence-corrected chi connectivity index (χ4v) is 6.14. The number of hydrogen-bond donors (Lipinski definition) is 0. The molecule has 1 saturated heterocycles. The molecule has 2 unspecified atom stereocenters. The summed E-state index contributed by atoms with van der Waals surface area (Å²) in [6, 6.07) is 13.2. The quantitative estimate of drug-likeness (QED) is 0.772. The van der Waals surface area contributed by atoms with E-state index in [0.29, 0.717) is 5.92 Å².